The zero-order valence-corrected chi connectivity index (χ0v) is 14.9. The number of carbonyl (C=O) groups is 2. The van der Waals surface area contributed by atoms with Gasteiger partial charge in [-0.15, -0.1) is 0 Å². The fraction of sp³-hybridized carbons (Fsp3) is 0.273. The maximum Gasteiger partial charge on any atom is 0.211 e. The van der Waals surface area contributed by atoms with E-state index in [1.807, 2.05) is 55.5 Å². The van der Waals surface area contributed by atoms with Crippen molar-refractivity contribution in [2.75, 3.05) is 16.8 Å². The van der Waals surface area contributed by atoms with Gasteiger partial charge >= 0.3 is 0 Å². The number of allylic oxidation sites excluding steroid dienone is 1. The monoisotopic (exact) mass is 346 g/mol. The first-order valence-electron chi connectivity index (χ1n) is 9.00. The Hall–Kier alpha value is -2.88. The number of Topliss-reactive ketones (excluding diaryl/α,β-unsaturated/α-hetero) is 1. The lowest BCUT2D eigenvalue weighted by Gasteiger charge is -2.49. The van der Waals surface area contributed by atoms with Gasteiger partial charge in [-0.1, -0.05) is 36.4 Å². The van der Waals surface area contributed by atoms with Crippen LogP contribution in [0.4, 0.5) is 11.4 Å². The minimum atomic E-state index is -1.08. The smallest absolute Gasteiger partial charge is 0.211 e. The summed E-state index contributed by atoms with van der Waals surface area (Å²) < 4.78 is 0. The highest BCUT2D eigenvalue weighted by atomic mass is 16.1. The van der Waals surface area contributed by atoms with Crippen LogP contribution in [0.15, 0.2) is 61.2 Å². The van der Waals surface area contributed by atoms with Crippen LogP contribution in [0.5, 0.6) is 0 Å². The summed E-state index contributed by atoms with van der Waals surface area (Å²) in [6.45, 7) is 6.42. The molecule has 2 atom stereocenters. The third-order valence-corrected chi connectivity index (χ3v) is 5.54. The van der Waals surface area contributed by atoms with Gasteiger partial charge in [-0.2, -0.15) is 0 Å². The first-order valence-corrected chi connectivity index (χ1v) is 9.00. The van der Waals surface area contributed by atoms with E-state index in [2.05, 4.69) is 16.8 Å². The van der Waals surface area contributed by atoms with Crippen LogP contribution in [0.3, 0.4) is 0 Å². The Morgan fingerprint density at radius 2 is 1.96 bits per heavy atom. The lowest BCUT2D eigenvalue weighted by Crippen LogP contribution is -2.66. The number of anilines is 2. The van der Waals surface area contributed by atoms with Gasteiger partial charge in [-0.05, 0) is 50.1 Å². The van der Waals surface area contributed by atoms with E-state index in [-0.39, 0.29) is 11.6 Å². The minimum absolute atomic E-state index is 0.0337. The summed E-state index contributed by atoms with van der Waals surface area (Å²) in [5.74, 6) is -0.584. The molecular formula is C22H22N2O2. The van der Waals surface area contributed by atoms with Crippen molar-refractivity contribution in [1.29, 1.82) is 0 Å². The molecule has 0 saturated carbocycles. The van der Waals surface area contributed by atoms with Crippen LogP contribution in [0, 0.1) is 12.8 Å². The molecule has 0 aromatic heterocycles. The number of piperidine rings is 1. The number of fused-ring (bicyclic) bond motifs is 1. The van der Waals surface area contributed by atoms with Gasteiger partial charge in [-0.3, -0.25) is 9.59 Å². The molecule has 0 radical (unpaired) electrons. The van der Waals surface area contributed by atoms with E-state index in [0.29, 0.717) is 12.0 Å². The molecule has 2 aromatic carbocycles. The van der Waals surface area contributed by atoms with Gasteiger partial charge in [0.2, 0.25) is 5.78 Å². The Kier molecular flexibility index (Phi) is 3.91. The number of aryl methyl sites for hydroxylation is 1. The molecule has 1 saturated heterocycles. The predicted molar refractivity (Wildman–Crippen MR) is 104 cm³/mol. The standard InChI is InChI=1S/C22H22N2O2/c1-3-20(25)18-8-6-14-24(16-12-10-15(2)11-13-16)22(18)21(26)17-7-4-5-9-19(17)23-22/h3-5,7,9-13,18,23H,1,6,8,14H2,2H3. The number of carbonyl (C=O) groups excluding carboxylic acids is 2. The molecule has 2 aromatic rings. The number of rotatable bonds is 3. The lowest BCUT2D eigenvalue weighted by atomic mass is 9.77. The quantitative estimate of drug-likeness (QED) is 0.855. The summed E-state index contributed by atoms with van der Waals surface area (Å²) in [5.41, 5.74) is 2.47. The fourth-order valence-electron chi connectivity index (χ4n) is 4.27. The molecule has 2 unspecified atom stereocenters. The molecule has 1 N–H and O–H groups in total. The molecule has 0 bridgehead atoms. The molecule has 1 fully saturated rings. The first-order chi connectivity index (χ1) is 12.6. The second kappa shape index (κ2) is 6.13. The van der Waals surface area contributed by atoms with Crippen molar-refractivity contribution in [3.63, 3.8) is 0 Å². The van der Waals surface area contributed by atoms with Crippen LogP contribution >= 0.6 is 0 Å². The SMILES string of the molecule is C=CC(=O)C1CCCN(c2ccc(C)cc2)C12Nc1ccccc1C2=O. The summed E-state index contributed by atoms with van der Waals surface area (Å²) >= 11 is 0. The Morgan fingerprint density at radius 3 is 2.65 bits per heavy atom. The van der Waals surface area contributed by atoms with Crippen molar-refractivity contribution in [1.82, 2.24) is 0 Å². The van der Waals surface area contributed by atoms with Crippen LogP contribution in [0.25, 0.3) is 0 Å². The topological polar surface area (TPSA) is 49.4 Å². The maximum atomic E-state index is 13.6. The largest absolute Gasteiger partial charge is 0.355 e. The molecule has 2 heterocycles. The Labute approximate surface area is 153 Å². The summed E-state index contributed by atoms with van der Waals surface area (Å²) in [7, 11) is 0. The second-order valence-electron chi connectivity index (χ2n) is 7.05. The molecule has 4 heteroatoms. The average molecular weight is 346 g/mol. The average Bonchev–Trinajstić information content (AvgIpc) is 2.95. The summed E-state index contributed by atoms with van der Waals surface area (Å²) in [6, 6.07) is 15.6. The summed E-state index contributed by atoms with van der Waals surface area (Å²) in [5, 5.41) is 3.44. The number of nitrogens with zero attached hydrogens (tertiary/aromatic N) is 1. The highest BCUT2D eigenvalue weighted by molar-refractivity contribution is 6.18. The van der Waals surface area contributed by atoms with E-state index in [4.69, 9.17) is 0 Å². The highest BCUT2D eigenvalue weighted by Crippen LogP contribution is 2.45. The van der Waals surface area contributed by atoms with Gasteiger partial charge in [0.05, 0.1) is 5.92 Å². The van der Waals surface area contributed by atoms with Gasteiger partial charge in [-0.25, -0.2) is 0 Å². The molecule has 4 rings (SSSR count). The number of nitrogens with one attached hydrogen (secondary N) is 1. The first kappa shape index (κ1) is 16.6. The number of hydrogen-bond acceptors (Lipinski definition) is 4. The Bertz CT molecular complexity index is 887. The van der Waals surface area contributed by atoms with E-state index in [1.165, 1.54) is 6.08 Å². The molecule has 0 amide bonds. The molecule has 2 aliphatic heterocycles. The second-order valence-corrected chi connectivity index (χ2v) is 7.05. The highest BCUT2D eigenvalue weighted by Gasteiger charge is 2.58. The zero-order valence-electron chi connectivity index (χ0n) is 14.9. The van der Waals surface area contributed by atoms with Gasteiger partial charge in [0, 0.05) is 23.5 Å². The molecular weight excluding hydrogens is 324 g/mol. The molecule has 2 aliphatic rings. The number of para-hydroxylation sites is 1. The van der Waals surface area contributed by atoms with Crippen LogP contribution in [0.2, 0.25) is 0 Å². The van der Waals surface area contributed by atoms with Crippen LogP contribution in [0.1, 0.15) is 28.8 Å². The van der Waals surface area contributed by atoms with E-state index >= 15 is 0 Å². The molecule has 4 nitrogen and oxygen atoms in total. The third kappa shape index (κ3) is 2.29. The summed E-state index contributed by atoms with van der Waals surface area (Å²) in [4.78, 5) is 28.4. The molecule has 26 heavy (non-hydrogen) atoms. The molecule has 0 aliphatic carbocycles. The van der Waals surface area contributed by atoms with Gasteiger partial charge in [0.15, 0.2) is 11.4 Å². The van der Waals surface area contributed by atoms with Crippen molar-refractivity contribution in [2.24, 2.45) is 5.92 Å². The van der Waals surface area contributed by atoms with Gasteiger partial charge in [0.25, 0.3) is 0 Å². The van der Waals surface area contributed by atoms with Crippen molar-refractivity contribution in [2.45, 2.75) is 25.4 Å². The van der Waals surface area contributed by atoms with Crippen LogP contribution in [-0.4, -0.2) is 23.8 Å². The Balaban J connectivity index is 1.89. The molecule has 132 valence electrons. The number of hydrogen-bond donors (Lipinski definition) is 1. The third-order valence-electron chi connectivity index (χ3n) is 5.54. The van der Waals surface area contributed by atoms with Crippen molar-refractivity contribution >= 4 is 22.9 Å². The number of ketones is 2. The van der Waals surface area contributed by atoms with Gasteiger partial charge in [0.1, 0.15) is 0 Å². The Morgan fingerprint density at radius 1 is 1.23 bits per heavy atom. The van der Waals surface area contributed by atoms with E-state index in [0.717, 1.165) is 29.9 Å². The predicted octanol–water partition coefficient (Wildman–Crippen LogP) is 3.97. The molecule has 1 spiro atoms. The summed E-state index contributed by atoms with van der Waals surface area (Å²) in [6.07, 6.45) is 2.87. The van der Waals surface area contributed by atoms with Crippen molar-refractivity contribution in [3.8, 4) is 0 Å². The van der Waals surface area contributed by atoms with E-state index in [1.54, 1.807) is 0 Å². The normalized spacial score (nSPS) is 24.3. The fourth-order valence-corrected chi connectivity index (χ4v) is 4.27. The number of benzene rings is 2. The van der Waals surface area contributed by atoms with Crippen LogP contribution < -0.4 is 10.2 Å². The minimum Gasteiger partial charge on any atom is -0.355 e. The maximum absolute atomic E-state index is 13.6. The van der Waals surface area contributed by atoms with Crippen molar-refractivity contribution < 1.29 is 9.59 Å². The van der Waals surface area contributed by atoms with Gasteiger partial charge < -0.3 is 10.2 Å². The van der Waals surface area contributed by atoms with Crippen molar-refractivity contribution in [3.05, 3.63) is 72.3 Å². The zero-order chi connectivity index (χ0) is 18.3. The van der Waals surface area contributed by atoms with E-state index in [9.17, 15) is 9.59 Å². The van der Waals surface area contributed by atoms with Crippen LogP contribution in [-0.2, 0) is 4.79 Å². The van der Waals surface area contributed by atoms with E-state index < -0.39 is 11.6 Å². The lowest BCUT2D eigenvalue weighted by molar-refractivity contribution is -0.120.